The van der Waals surface area contributed by atoms with Gasteiger partial charge in [0.05, 0.1) is 6.61 Å². The fraction of sp³-hybridized carbons (Fsp3) is 0.632. The summed E-state index contributed by atoms with van der Waals surface area (Å²) in [5.41, 5.74) is 2.47. The van der Waals surface area contributed by atoms with Crippen LogP contribution in [-0.2, 0) is 13.1 Å². The van der Waals surface area contributed by atoms with Crippen LogP contribution in [0.15, 0.2) is 24.3 Å². The van der Waals surface area contributed by atoms with Gasteiger partial charge in [0.25, 0.3) is 0 Å². The third-order valence-electron chi connectivity index (χ3n) is 4.68. The number of nitrogens with zero attached hydrogens (tertiary/aromatic N) is 2. The van der Waals surface area contributed by atoms with E-state index < -0.39 is 0 Å². The van der Waals surface area contributed by atoms with Gasteiger partial charge in [0, 0.05) is 26.2 Å². The summed E-state index contributed by atoms with van der Waals surface area (Å²) in [5, 5.41) is 12.0. The Hall–Kier alpha value is -1.59. The van der Waals surface area contributed by atoms with E-state index in [1.807, 2.05) is 13.0 Å². The molecule has 1 saturated heterocycles. The maximum atomic E-state index is 12.2. The number of hydrogen-bond donors (Lipinski definition) is 2. The second kappa shape index (κ2) is 10.3. The molecule has 1 heterocycles. The van der Waals surface area contributed by atoms with Crippen molar-refractivity contribution in [2.75, 3.05) is 32.8 Å². The molecule has 1 aromatic carbocycles. The molecule has 0 spiro atoms. The van der Waals surface area contributed by atoms with E-state index in [0.29, 0.717) is 19.6 Å². The fourth-order valence-corrected chi connectivity index (χ4v) is 3.23. The van der Waals surface area contributed by atoms with Gasteiger partial charge < -0.3 is 15.3 Å². The highest BCUT2D eigenvalue weighted by Crippen LogP contribution is 2.16. The molecule has 1 aromatic rings. The number of urea groups is 1. The molecule has 0 unspecified atom stereocenters. The van der Waals surface area contributed by atoms with Crippen LogP contribution in [0, 0.1) is 0 Å². The Balaban J connectivity index is 1.94. The van der Waals surface area contributed by atoms with E-state index in [-0.39, 0.29) is 12.6 Å². The molecular weight excluding hydrogens is 302 g/mol. The molecule has 0 radical (unpaired) electrons. The van der Waals surface area contributed by atoms with Gasteiger partial charge in [0.15, 0.2) is 0 Å². The van der Waals surface area contributed by atoms with Crippen LogP contribution in [0.2, 0.25) is 0 Å². The molecule has 0 bridgehead atoms. The molecule has 5 heteroatoms. The van der Waals surface area contributed by atoms with Crippen molar-refractivity contribution >= 4 is 6.03 Å². The molecule has 134 valence electrons. The Morgan fingerprint density at radius 3 is 2.46 bits per heavy atom. The predicted octanol–water partition coefficient (Wildman–Crippen LogP) is 2.59. The minimum absolute atomic E-state index is 0.00714. The highest BCUT2D eigenvalue weighted by Gasteiger charge is 2.13. The quantitative estimate of drug-likeness (QED) is 0.806. The lowest BCUT2D eigenvalue weighted by Gasteiger charge is -2.23. The second-order valence-corrected chi connectivity index (χ2v) is 6.42. The molecule has 2 rings (SSSR count). The standard InChI is InChI=1S/C19H31N3O2/c1-2-22(13-14-23)19(24)20-15-17-9-5-6-10-18(17)16-21-11-7-3-4-8-12-21/h5-6,9-10,23H,2-4,7-8,11-16H2,1H3,(H,20,24). The van der Waals surface area contributed by atoms with Crippen molar-refractivity contribution < 1.29 is 9.90 Å². The van der Waals surface area contributed by atoms with Crippen LogP contribution in [0.4, 0.5) is 4.79 Å². The number of carbonyl (C=O) groups excluding carboxylic acids is 1. The molecule has 2 N–H and O–H groups in total. The molecule has 2 amide bonds. The van der Waals surface area contributed by atoms with Gasteiger partial charge in [-0.2, -0.15) is 0 Å². The van der Waals surface area contributed by atoms with E-state index in [2.05, 4.69) is 28.4 Å². The molecule has 5 nitrogen and oxygen atoms in total. The summed E-state index contributed by atoms with van der Waals surface area (Å²) < 4.78 is 0. The summed E-state index contributed by atoms with van der Waals surface area (Å²) >= 11 is 0. The van der Waals surface area contributed by atoms with Crippen LogP contribution in [0.25, 0.3) is 0 Å². The third kappa shape index (κ3) is 5.80. The van der Waals surface area contributed by atoms with E-state index >= 15 is 0 Å². The van der Waals surface area contributed by atoms with Crippen molar-refractivity contribution in [2.24, 2.45) is 0 Å². The normalized spacial score (nSPS) is 15.8. The lowest BCUT2D eigenvalue weighted by molar-refractivity contribution is 0.180. The molecule has 1 fully saturated rings. The average molecular weight is 333 g/mol. The Kier molecular flexibility index (Phi) is 8.05. The Morgan fingerprint density at radius 1 is 1.17 bits per heavy atom. The van der Waals surface area contributed by atoms with Crippen molar-refractivity contribution in [3.8, 4) is 0 Å². The van der Waals surface area contributed by atoms with Crippen molar-refractivity contribution in [3.05, 3.63) is 35.4 Å². The monoisotopic (exact) mass is 333 g/mol. The first-order valence-corrected chi connectivity index (χ1v) is 9.17. The molecule has 0 aliphatic carbocycles. The Bertz CT molecular complexity index is 499. The van der Waals surface area contributed by atoms with Gasteiger partial charge >= 0.3 is 6.03 Å². The van der Waals surface area contributed by atoms with Crippen molar-refractivity contribution in [2.45, 2.75) is 45.7 Å². The van der Waals surface area contributed by atoms with Crippen LogP contribution in [0.5, 0.6) is 0 Å². The zero-order valence-corrected chi connectivity index (χ0v) is 14.8. The number of rotatable bonds is 7. The predicted molar refractivity (Wildman–Crippen MR) is 96.8 cm³/mol. The summed E-state index contributed by atoms with van der Waals surface area (Å²) in [4.78, 5) is 16.3. The summed E-state index contributed by atoms with van der Waals surface area (Å²) in [7, 11) is 0. The molecule has 1 aliphatic rings. The number of aliphatic hydroxyl groups is 1. The molecule has 0 atom stereocenters. The van der Waals surface area contributed by atoms with E-state index in [4.69, 9.17) is 5.11 Å². The topological polar surface area (TPSA) is 55.8 Å². The highest BCUT2D eigenvalue weighted by molar-refractivity contribution is 5.74. The van der Waals surface area contributed by atoms with Crippen LogP contribution >= 0.6 is 0 Å². The summed E-state index contributed by atoms with van der Waals surface area (Å²) in [5.74, 6) is 0. The van der Waals surface area contributed by atoms with E-state index in [1.54, 1.807) is 4.90 Å². The van der Waals surface area contributed by atoms with Crippen LogP contribution < -0.4 is 5.32 Å². The van der Waals surface area contributed by atoms with E-state index in [9.17, 15) is 4.79 Å². The van der Waals surface area contributed by atoms with Crippen molar-refractivity contribution in [1.29, 1.82) is 0 Å². The molecular formula is C19H31N3O2. The number of aliphatic hydroxyl groups excluding tert-OH is 1. The average Bonchev–Trinajstić information content (AvgIpc) is 2.87. The highest BCUT2D eigenvalue weighted by atomic mass is 16.3. The molecule has 0 aromatic heterocycles. The first kappa shape index (κ1) is 18.7. The zero-order valence-electron chi connectivity index (χ0n) is 14.8. The van der Waals surface area contributed by atoms with Gasteiger partial charge in [-0.05, 0) is 44.0 Å². The smallest absolute Gasteiger partial charge is 0.317 e. The second-order valence-electron chi connectivity index (χ2n) is 6.42. The number of nitrogens with one attached hydrogen (secondary N) is 1. The van der Waals surface area contributed by atoms with Gasteiger partial charge in [-0.15, -0.1) is 0 Å². The maximum absolute atomic E-state index is 12.2. The van der Waals surface area contributed by atoms with Crippen molar-refractivity contribution in [3.63, 3.8) is 0 Å². The minimum atomic E-state index is -0.115. The number of hydrogen-bond acceptors (Lipinski definition) is 3. The first-order valence-electron chi connectivity index (χ1n) is 9.17. The number of likely N-dealkylation sites (tertiary alicyclic amines) is 1. The largest absolute Gasteiger partial charge is 0.395 e. The third-order valence-corrected chi connectivity index (χ3v) is 4.68. The van der Waals surface area contributed by atoms with Gasteiger partial charge in [0.2, 0.25) is 0 Å². The SMILES string of the molecule is CCN(CCO)C(=O)NCc1ccccc1CN1CCCCCC1. The Morgan fingerprint density at radius 2 is 1.83 bits per heavy atom. The molecule has 1 aliphatic heterocycles. The Labute approximate surface area is 145 Å². The van der Waals surface area contributed by atoms with Gasteiger partial charge in [-0.25, -0.2) is 4.79 Å². The summed E-state index contributed by atoms with van der Waals surface area (Å²) in [6, 6.07) is 8.24. The van der Waals surface area contributed by atoms with Crippen LogP contribution in [0.3, 0.4) is 0 Å². The maximum Gasteiger partial charge on any atom is 0.317 e. The number of benzene rings is 1. The molecule has 24 heavy (non-hydrogen) atoms. The lowest BCUT2D eigenvalue weighted by Crippen LogP contribution is -2.41. The number of amides is 2. The van der Waals surface area contributed by atoms with Crippen molar-refractivity contribution in [1.82, 2.24) is 15.1 Å². The minimum Gasteiger partial charge on any atom is -0.395 e. The van der Waals surface area contributed by atoms with E-state index in [1.165, 1.54) is 49.9 Å². The van der Waals surface area contributed by atoms with Crippen LogP contribution in [0.1, 0.15) is 43.7 Å². The first-order chi connectivity index (χ1) is 11.7. The van der Waals surface area contributed by atoms with Gasteiger partial charge in [-0.1, -0.05) is 37.1 Å². The fourth-order valence-electron chi connectivity index (χ4n) is 3.23. The van der Waals surface area contributed by atoms with Crippen LogP contribution in [-0.4, -0.2) is 53.7 Å². The van der Waals surface area contributed by atoms with Gasteiger partial charge in [0.1, 0.15) is 0 Å². The molecule has 0 saturated carbocycles. The van der Waals surface area contributed by atoms with Gasteiger partial charge in [-0.3, -0.25) is 4.90 Å². The van der Waals surface area contributed by atoms with E-state index in [0.717, 1.165) is 6.54 Å². The number of carbonyl (C=O) groups is 1. The zero-order chi connectivity index (χ0) is 17.2. The summed E-state index contributed by atoms with van der Waals surface area (Å²) in [6.45, 7) is 6.71. The summed E-state index contributed by atoms with van der Waals surface area (Å²) in [6.07, 6.45) is 5.24. The lowest BCUT2D eigenvalue weighted by atomic mass is 10.1. The number of likely N-dealkylation sites (N-methyl/N-ethyl adjacent to an activating group) is 1.